The molecule has 1 N–H and O–H groups in total. The number of ether oxygens (including phenoxy) is 2. The van der Waals surface area contributed by atoms with Crippen LogP contribution in [-0.4, -0.2) is 32.4 Å². The predicted molar refractivity (Wildman–Crippen MR) is 68.5 cm³/mol. The lowest BCUT2D eigenvalue weighted by molar-refractivity contribution is 0.0136. The summed E-state index contributed by atoms with van der Waals surface area (Å²) in [6, 6.07) is 8.76. The number of nitrogens with one attached hydrogen (secondary N) is 1. The van der Waals surface area contributed by atoms with Crippen molar-refractivity contribution < 1.29 is 9.47 Å². The monoisotopic (exact) mass is 235 g/mol. The first kappa shape index (κ1) is 12.4. The van der Waals surface area contributed by atoms with Crippen LogP contribution in [0.4, 0.5) is 0 Å². The van der Waals surface area contributed by atoms with Crippen LogP contribution in [0, 0.1) is 0 Å². The molecule has 94 valence electrons. The Morgan fingerprint density at radius 2 is 2.35 bits per heavy atom. The van der Waals surface area contributed by atoms with E-state index in [1.807, 2.05) is 12.1 Å². The highest BCUT2D eigenvalue weighted by Crippen LogP contribution is 2.15. The van der Waals surface area contributed by atoms with E-state index < -0.39 is 0 Å². The standard InChI is InChI=1S/C14H21NO2/c1-11-9-15-13(10-17-11)7-6-12-4-3-5-14(8-12)16-2/h3-5,8,11,13,15H,6-7,9-10H2,1-2H3. The highest BCUT2D eigenvalue weighted by molar-refractivity contribution is 5.28. The molecule has 0 amide bonds. The minimum absolute atomic E-state index is 0.350. The van der Waals surface area contributed by atoms with Crippen LogP contribution in [0.5, 0.6) is 5.75 Å². The lowest BCUT2D eigenvalue weighted by Crippen LogP contribution is -2.45. The number of hydrogen-bond acceptors (Lipinski definition) is 3. The zero-order valence-corrected chi connectivity index (χ0v) is 10.6. The summed E-state index contributed by atoms with van der Waals surface area (Å²) in [5, 5.41) is 3.51. The maximum absolute atomic E-state index is 5.64. The Labute approximate surface area is 103 Å². The molecule has 2 rings (SSSR count). The summed E-state index contributed by atoms with van der Waals surface area (Å²) in [5.74, 6) is 0.934. The van der Waals surface area contributed by atoms with Crippen molar-refractivity contribution in [2.24, 2.45) is 0 Å². The van der Waals surface area contributed by atoms with Gasteiger partial charge in [-0.2, -0.15) is 0 Å². The largest absolute Gasteiger partial charge is 0.497 e. The Bertz CT molecular complexity index is 346. The van der Waals surface area contributed by atoms with Crippen molar-refractivity contribution in [3.05, 3.63) is 29.8 Å². The van der Waals surface area contributed by atoms with Crippen molar-refractivity contribution in [1.82, 2.24) is 5.32 Å². The van der Waals surface area contributed by atoms with Gasteiger partial charge in [-0.25, -0.2) is 0 Å². The van der Waals surface area contributed by atoms with Gasteiger partial charge in [0.25, 0.3) is 0 Å². The van der Waals surface area contributed by atoms with Crippen LogP contribution >= 0.6 is 0 Å². The number of hydrogen-bond donors (Lipinski definition) is 1. The van der Waals surface area contributed by atoms with Gasteiger partial charge in [-0.05, 0) is 37.5 Å². The van der Waals surface area contributed by atoms with E-state index in [0.29, 0.717) is 12.1 Å². The molecule has 17 heavy (non-hydrogen) atoms. The average Bonchev–Trinajstić information content (AvgIpc) is 2.38. The molecule has 1 aromatic carbocycles. The molecule has 0 aliphatic carbocycles. The molecule has 1 aliphatic rings. The molecule has 0 radical (unpaired) electrons. The molecular formula is C14H21NO2. The number of rotatable bonds is 4. The first-order chi connectivity index (χ1) is 8.28. The minimum atomic E-state index is 0.350. The van der Waals surface area contributed by atoms with E-state index in [2.05, 4.69) is 24.4 Å². The first-order valence-corrected chi connectivity index (χ1v) is 6.26. The van der Waals surface area contributed by atoms with Gasteiger partial charge in [0.2, 0.25) is 0 Å². The smallest absolute Gasteiger partial charge is 0.119 e. The van der Waals surface area contributed by atoms with Crippen LogP contribution in [0.2, 0.25) is 0 Å². The Morgan fingerprint density at radius 1 is 1.47 bits per heavy atom. The third-order valence-corrected chi connectivity index (χ3v) is 3.19. The number of methoxy groups -OCH3 is 1. The molecule has 2 atom stereocenters. The molecule has 3 heteroatoms. The molecule has 1 saturated heterocycles. The molecule has 0 bridgehead atoms. The van der Waals surface area contributed by atoms with Crippen molar-refractivity contribution in [1.29, 1.82) is 0 Å². The Balaban J connectivity index is 1.81. The molecule has 0 saturated carbocycles. The van der Waals surface area contributed by atoms with Gasteiger partial charge in [0, 0.05) is 12.6 Å². The maximum Gasteiger partial charge on any atom is 0.119 e. The second kappa shape index (κ2) is 6.03. The minimum Gasteiger partial charge on any atom is -0.497 e. The van der Waals surface area contributed by atoms with Gasteiger partial charge in [-0.3, -0.25) is 0 Å². The zero-order chi connectivity index (χ0) is 12.1. The summed E-state index contributed by atoms with van der Waals surface area (Å²) in [7, 11) is 1.71. The van der Waals surface area contributed by atoms with E-state index in [1.165, 1.54) is 5.56 Å². The van der Waals surface area contributed by atoms with Crippen molar-refractivity contribution in [3.63, 3.8) is 0 Å². The molecule has 2 unspecified atom stereocenters. The second-order valence-electron chi connectivity index (χ2n) is 4.64. The van der Waals surface area contributed by atoms with E-state index in [0.717, 1.165) is 31.7 Å². The van der Waals surface area contributed by atoms with E-state index in [4.69, 9.17) is 9.47 Å². The summed E-state index contributed by atoms with van der Waals surface area (Å²) in [4.78, 5) is 0. The van der Waals surface area contributed by atoms with Crippen molar-refractivity contribution >= 4 is 0 Å². The van der Waals surface area contributed by atoms with Gasteiger partial charge in [0.15, 0.2) is 0 Å². The summed E-state index contributed by atoms with van der Waals surface area (Å²) >= 11 is 0. The number of benzene rings is 1. The lowest BCUT2D eigenvalue weighted by atomic mass is 10.0. The van der Waals surface area contributed by atoms with Gasteiger partial charge in [-0.15, -0.1) is 0 Å². The van der Waals surface area contributed by atoms with Gasteiger partial charge in [0.1, 0.15) is 5.75 Å². The van der Waals surface area contributed by atoms with E-state index in [9.17, 15) is 0 Å². The molecule has 1 fully saturated rings. The average molecular weight is 235 g/mol. The summed E-state index contributed by atoms with van der Waals surface area (Å²) in [6.07, 6.45) is 2.52. The summed E-state index contributed by atoms with van der Waals surface area (Å²) in [5.41, 5.74) is 1.32. The molecular weight excluding hydrogens is 214 g/mol. The predicted octanol–water partition coefficient (Wildman–Crippen LogP) is 2.00. The molecule has 1 heterocycles. The van der Waals surface area contributed by atoms with Gasteiger partial charge in [-0.1, -0.05) is 12.1 Å². The third-order valence-electron chi connectivity index (χ3n) is 3.19. The van der Waals surface area contributed by atoms with Crippen LogP contribution in [0.25, 0.3) is 0 Å². The number of aryl methyl sites for hydroxylation is 1. The Hall–Kier alpha value is -1.06. The van der Waals surface area contributed by atoms with Gasteiger partial charge >= 0.3 is 0 Å². The second-order valence-corrected chi connectivity index (χ2v) is 4.64. The Kier molecular flexibility index (Phi) is 4.40. The van der Waals surface area contributed by atoms with Crippen LogP contribution < -0.4 is 10.1 Å². The topological polar surface area (TPSA) is 30.5 Å². The Morgan fingerprint density at radius 3 is 3.06 bits per heavy atom. The molecule has 3 nitrogen and oxygen atoms in total. The third kappa shape index (κ3) is 3.72. The van der Waals surface area contributed by atoms with Crippen LogP contribution in [-0.2, 0) is 11.2 Å². The molecule has 1 aliphatic heterocycles. The number of morpholine rings is 1. The van der Waals surface area contributed by atoms with Crippen molar-refractivity contribution in [3.8, 4) is 5.75 Å². The van der Waals surface area contributed by atoms with E-state index >= 15 is 0 Å². The fourth-order valence-corrected chi connectivity index (χ4v) is 2.09. The summed E-state index contributed by atoms with van der Waals surface area (Å²) < 4.78 is 10.9. The fourth-order valence-electron chi connectivity index (χ4n) is 2.09. The van der Waals surface area contributed by atoms with Crippen LogP contribution in [0.1, 0.15) is 18.9 Å². The SMILES string of the molecule is COc1cccc(CCC2COC(C)CN2)c1. The molecule has 1 aromatic rings. The zero-order valence-electron chi connectivity index (χ0n) is 10.6. The van der Waals surface area contributed by atoms with Crippen LogP contribution in [0.3, 0.4) is 0 Å². The van der Waals surface area contributed by atoms with Gasteiger partial charge in [0.05, 0.1) is 19.8 Å². The van der Waals surface area contributed by atoms with Crippen molar-refractivity contribution in [2.45, 2.75) is 31.9 Å². The normalized spacial score (nSPS) is 24.6. The molecule has 0 spiro atoms. The highest BCUT2D eigenvalue weighted by Gasteiger charge is 2.17. The highest BCUT2D eigenvalue weighted by atomic mass is 16.5. The molecule has 0 aromatic heterocycles. The van der Waals surface area contributed by atoms with Crippen LogP contribution in [0.15, 0.2) is 24.3 Å². The lowest BCUT2D eigenvalue weighted by Gasteiger charge is -2.28. The first-order valence-electron chi connectivity index (χ1n) is 6.26. The van der Waals surface area contributed by atoms with Crippen molar-refractivity contribution in [2.75, 3.05) is 20.3 Å². The summed E-state index contributed by atoms with van der Waals surface area (Å²) in [6.45, 7) is 3.89. The quantitative estimate of drug-likeness (QED) is 0.866. The van der Waals surface area contributed by atoms with Gasteiger partial charge < -0.3 is 14.8 Å². The van der Waals surface area contributed by atoms with E-state index in [1.54, 1.807) is 7.11 Å². The fraction of sp³-hybridized carbons (Fsp3) is 0.571. The van der Waals surface area contributed by atoms with E-state index in [-0.39, 0.29) is 0 Å². The maximum atomic E-state index is 5.64.